The normalized spacial score (nSPS) is 12.2. The topological polar surface area (TPSA) is 63.7 Å². The number of nitrogens with zero attached hydrogens (tertiary/aromatic N) is 2. The van der Waals surface area contributed by atoms with Crippen molar-refractivity contribution in [3.8, 4) is 11.5 Å². The van der Waals surface area contributed by atoms with Gasteiger partial charge < -0.3 is 14.8 Å². The number of carbonyl (C=O) groups is 1. The van der Waals surface area contributed by atoms with Crippen LogP contribution < -0.4 is 14.8 Å². The zero-order valence-corrected chi connectivity index (χ0v) is 20.8. The highest BCUT2D eigenvalue weighted by atomic mass is 35.5. The molecule has 184 valence electrons. The predicted octanol–water partition coefficient (Wildman–Crippen LogP) is 5.80. The molecule has 9 heteroatoms. The van der Waals surface area contributed by atoms with Crippen LogP contribution in [0.3, 0.4) is 0 Å². The molecule has 2 heterocycles. The molecule has 1 amide bonds. The number of amides is 1. The van der Waals surface area contributed by atoms with Crippen molar-refractivity contribution in [2.24, 2.45) is 0 Å². The smallest absolute Gasteiger partial charge is 0.271 e. The maximum absolute atomic E-state index is 13.4. The second-order valence-electron chi connectivity index (χ2n) is 8.39. The van der Waals surface area contributed by atoms with Gasteiger partial charge in [-0.2, -0.15) is 0 Å². The Hall–Kier alpha value is -3.46. The molecule has 0 saturated heterocycles. The standard InChI is InChI=1S/C27H23ClFN3O3S/c28-21-6-1-18(2-7-21)13-32(14-19-3-8-22(29)9-4-19)15-26-31-23(16-36-26)27(33)30-12-20-5-10-24-25(11-20)35-17-34-24/h1-11,16H,12-15,17H2,(H,30,33). The van der Waals surface area contributed by atoms with Crippen molar-refractivity contribution in [2.75, 3.05) is 6.79 Å². The molecule has 0 saturated carbocycles. The van der Waals surface area contributed by atoms with E-state index in [1.807, 2.05) is 42.5 Å². The summed E-state index contributed by atoms with van der Waals surface area (Å²) in [6.45, 7) is 2.37. The number of thiazole rings is 1. The van der Waals surface area contributed by atoms with Crippen molar-refractivity contribution in [3.63, 3.8) is 0 Å². The average Bonchev–Trinajstić information content (AvgIpc) is 3.54. The molecule has 0 radical (unpaired) electrons. The van der Waals surface area contributed by atoms with Gasteiger partial charge in [0.1, 0.15) is 16.5 Å². The van der Waals surface area contributed by atoms with E-state index in [0.29, 0.717) is 48.4 Å². The monoisotopic (exact) mass is 523 g/mol. The first-order valence-corrected chi connectivity index (χ1v) is 12.6. The number of ether oxygens (including phenoxy) is 2. The van der Waals surface area contributed by atoms with Gasteiger partial charge in [0.15, 0.2) is 11.5 Å². The first kappa shape index (κ1) is 24.2. The molecule has 3 aromatic carbocycles. The molecule has 36 heavy (non-hydrogen) atoms. The van der Waals surface area contributed by atoms with Crippen molar-refractivity contribution in [1.29, 1.82) is 0 Å². The van der Waals surface area contributed by atoms with Gasteiger partial charge in [-0.15, -0.1) is 11.3 Å². The highest BCUT2D eigenvalue weighted by molar-refractivity contribution is 7.09. The van der Waals surface area contributed by atoms with Gasteiger partial charge in [0.25, 0.3) is 5.91 Å². The number of aromatic nitrogens is 1. The first-order valence-electron chi connectivity index (χ1n) is 11.3. The number of hydrogen-bond acceptors (Lipinski definition) is 6. The van der Waals surface area contributed by atoms with Gasteiger partial charge in [-0.25, -0.2) is 9.37 Å². The molecule has 0 bridgehead atoms. The van der Waals surface area contributed by atoms with E-state index in [4.69, 9.17) is 21.1 Å². The Morgan fingerprint density at radius 2 is 1.61 bits per heavy atom. The minimum Gasteiger partial charge on any atom is -0.454 e. The van der Waals surface area contributed by atoms with Crippen molar-refractivity contribution >= 4 is 28.8 Å². The van der Waals surface area contributed by atoms with Crippen LogP contribution in [0.1, 0.15) is 32.2 Å². The number of carbonyl (C=O) groups excluding carboxylic acids is 1. The number of benzene rings is 3. The van der Waals surface area contributed by atoms with E-state index < -0.39 is 0 Å². The summed E-state index contributed by atoms with van der Waals surface area (Å²) in [5.74, 6) is 0.884. The molecule has 1 aliphatic heterocycles. The summed E-state index contributed by atoms with van der Waals surface area (Å²) in [5, 5.41) is 6.18. The van der Waals surface area contributed by atoms with E-state index >= 15 is 0 Å². The highest BCUT2D eigenvalue weighted by Gasteiger charge is 2.16. The van der Waals surface area contributed by atoms with E-state index in [1.165, 1.54) is 23.5 Å². The molecule has 1 aromatic heterocycles. The van der Waals surface area contributed by atoms with E-state index in [2.05, 4.69) is 15.2 Å². The average molecular weight is 524 g/mol. The Kier molecular flexibility index (Phi) is 7.46. The molecule has 0 unspecified atom stereocenters. The number of rotatable bonds is 9. The fraction of sp³-hybridized carbons (Fsp3) is 0.185. The molecular formula is C27H23ClFN3O3S. The van der Waals surface area contributed by atoms with Gasteiger partial charge in [0, 0.05) is 30.0 Å². The van der Waals surface area contributed by atoms with Gasteiger partial charge in [-0.1, -0.05) is 41.9 Å². The van der Waals surface area contributed by atoms with Gasteiger partial charge >= 0.3 is 0 Å². The van der Waals surface area contributed by atoms with Crippen LogP contribution in [0.4, 0.5) is 4.39 Å². The molecule has 0 fully saturated rings. The Labute approximate surface area is 217 Å². The van der Waals surface area contributed by atoms with Gasteiger partial charge in [-0.05, 0) is 53.1 Å². The van der Waals surface area contributed by atoms with Crippen molar-refractivity contribution in [2.45, 2.75) is 26.2 Å². The van der Waals surface area contributed by atoms with Crippen molar-refractivity contribution < 1.29 is 18.7 Å². The van der Waals surface area contributed by atoms with Crippen LogP contribution in [0.5, 0.6) is 11.5 Å². The van der Waals surface area contributed by atoms with E-state index in [1.54, 1.807) is 17.5 Å². The summed E-state index contributed by atoms with van der Waals surface area (Å²) < 4.78 is 24.1. The predicted molar refractivity (Wildman–Crippen MR) is 137 cm³/mol. The van der Waals surface area contributed by atoms with E-state index in [-0.39, 0.29) is 18.5 Å². The molecule has 0 aliphatic carbocycles. The Bertz CT molecular complexity index is 1300. The van der Waals surface area contributed by atoms with Gasteiger partial charge in [0.2, 0.25) is 6.79 Å². The minimum atomic E-state index is -0.265. The van der Waals surface area contributed by atoms with Crippen LogP contribution in [-0.4, -0.2) is 22.6 Å². The number of fused-ring (bicyclic) bond motifs is 1. The van der Waals surface area contributed by atoms with Crippen molar-refractivity contribution in [3.05, 3.63) is 110 Å². The maximum Gasteiger partial charge on any atom is 0.271 e. The zero-order valence-electron chi connectivity index (χ0n) is 19.2. The van der Waals surface area contributed by atoms with Crippen LogP contribution in [0.15, 0.2) is 72.1 Å². The van der Waals surface area contributed by atoms with Gasteiger partial charge in [-0.3, -0.25) is 9.69 Å². The van der Waals surface area contributed by atoms with Crippen LogP contribution >= 0.6 is 22.9 Å². The second-order valence-corrected chi connectivity index (χ2v) is 9.77. The molecule has 1 N–H and O–H groups in total. The third-order valence-corrected chi connectivity index (χ3v) is 6.76. The number of halogens is 2. The fourth-order valence-electron chi connectivity index (χ4n) is 3.87. The van der Waals surface area contributed by atoms with Crippen LogP contribution in [0.2, 0.25) is 5.02 Å². The van der Waals surface area contributed by atoms with Gasteiger partial charge in [0.05, 0.1) is 6.54 Å². The SMILES string of the molecule is O=C(NCc1ccc2c(c1)OCO2)c1csc(CN(Cc2ccc(F)cc2)Cc2ccc(Cl)cc2)n1. The molecule has 4 aromatic rings. The van der Waals surface area contributed by atoms with Crippen LogP contribution in [0, 0.1) is 5.82 Å². The largest absolute Gasteiger partial charge is 0.454 e. The molecule has 5 rings (SSSR count). The lowest BCUT2D eigenvalue weighted by molar-refractivity contribution is 0.0946. The Morgan fingerprint density at radius 1 is 0.944 bits per heavy atom. The van der Waals surface area contributed by atoms with Crippen LogP contribution in [-0.2, 0) is 26.2 Å². The quantitative estimate of drug-likeness (QED) is 0.300. The third kappa shape index (κ3) is 6.20. The zero-order chi connectivity index (χ0) is 24.9. The fourth-order valence-corrected chi connectivity index (χ4v) is 4.81. The number of hydrogen-bond donors (Lipinski definition) is 1. The molecule has 0 atom stereocenters. The minimum absolute atomic E-state index is 0.211. The second kappa shape index (κ2) is 11.1. The summed E-state index contributed by atoms with van der Waals surface area (Å²) in [6.07, 6.45) is 0. The van der Waals surface area contributed by atoms with Crippen LogP contribution in [0.25, 0.3) is 0 Å². The molecular weight excluding hydrogens is 501 g/mol. The summed E-state index contributed by atoms with van der Waals surface area (Å²) in [4.78, 5) is 19.5. The van der Waals surface area contributed by atoms with E-state index in [9.17, 15) is 9.18 Å². The summed E-state index contributed by atoms with van der Waals surface area (Å²) in [6, 6.07) is 19.8. The third-order valence-electron chi connectivity index (χ3n) is 5.67. The number of nitrogens with one attached hydrogen (secondary N) is 1. The van der Waals surface area contributed by atoms with E-state index in [0.717, 1.165) is 21.7 Å². The maximum atomic E-state index is 13.4. The van der Waals surface area contributed by atoms with Crippen molar-refractivity contribution in [1.82, 2.24) is 15.2 Å². The highest BCUT2D eigenvalue weighted by Crippen LogP contribution is 2.32. The summed E-state index contributed by atoms with van der Waals surface area (Å²) >= 11 is 7.48. The molecule has 6 nitrogen and oxygen atoms in total. The lowest BCUT2D eigenvalue weighted by Crippen LogP contribution is -2.24. The summed E-state index contributed by atoms with van der Waals surface area (Å²) in [7, 11) is 0. The lowest BCUT2D eigenvalue weighted by Gasteiger charge is -2.21. The Morgan fingerprint density at radius 3 is 2.36 bits per heavy atom. The first-order chi connectivity index (χ1) is 17.5. The summed E-state index contributed by atoms with van der Waals surface area (Å²) in [5.41, 5.74) is 3.38. The molecule has 1 aliphatic rings. The molecule has 0 spiro atoms. The lowest BCUT2D eigenvalue weighted by atomic mass is 10.1. The Balaban J connectivity index is 1.24.